The van der Waals surface area contributed by atoms with E-state index < -0.39 is 0 Å². The molecule has 0 saturated heterocycles. The van der Waals surface area contributed by atoms with Crippen LogP contribution < -0.4 is 10.2 Å². The van der Waals surface area contributed by atoms with Crippen molar-refractivity contribution < 1.29 is 13.9 Å². The number of carbonyl (C=O) groups is 1. The molecule has 2 aromatic carbocycles. The lowest BCUT2D eigenvalue weighted by Gasteiger charge is -2.02. The first-order chi connectivity index (χ1) is 14.7. The van der Waals surface area contributed by atoms with E-state index in [2.05, 4.69) is 10.5 Å². The smallest absolute Gasteiger partial charge is 0.274 e. The number of amides is 1. The molecule has 7 heteroatoms. The average Bonchev–Trinajstić information content (AvgIpc) is 3.41. The molecule has 0 aliphatic heterocycles. The molecular weight excluding hydrogens is 380 g/mol. The topological polar surface area (TPSA) is 81.6 Å². The highest BCUT2D eigenvalue weighted by molar-refractivity contribution is 5.96. The van der Waals surface area contributed by atoms with Gasteiger partial charge in [-0.25, -0.2) is 10.1 Å². The van der Waals surface area contributed by atoms with Crippen LogP contribution in [0, 0.1) is 6.92 Å². The Kier molecular flexibility index (Phi) is 5.43. The molecule has 0 bridgehead atoms. The van der Waals surface area contributed by atoms with Crippen molar-refractivity contribution in [2.45, 2.75) is 6.92 Å². The number of hydrogen-bond acceptors (Lipinski definition) is 5. The standard InChI is InChI=1S/C23H20N4O3/c1-16-21(12-13-30-16)23(28)25-24-14-18-15-27(19-6-4-3-5-7-19)26-22(18)17-8-10-20(29-2)11-9-17/h3-15H,1-2H3,(H,25,28)/b24-14-. The van der Waals surface area contributed by atoms with Crippen molar-refractivity contribution in [2.24, 2.45) is 5.10 Å². The Morgan fingerprint density at radius 1 is 1.13 bits per heavy atom. The second-order valence-corrected chi connectivity index (χ2v) is 6.53. The van der Waals surface area contributed by atoms with Gasteiger partial charge < -0.3 is 9.15 Å². The maximum absolute atomic E-state index is 12.2. The number of carbonyl (C=O) groups excluding carboxylic acids is 1. The van der Waals surface area contributed by atoms with Gasteiger partial charge in [0.25, 0.3) is 5.91 Å². The maximum Gasteiger partial charge on any atom is 0.274 e. The van der Waals surface area contributed by atoms with Crippen LogP contribution in [0.2, 0.25) is 0 Å². The van der Waals surface area contributed by atoms with Gasteiger partial charge in [-0.15, -0.1) is 0 Å². The fourth-order valence-corrected chi connectivity index (χ4v) is 3.01. The van der Waals surface area contributed by atoms with Crippen molar-refractivity contribution in [3.05, 3.63) is 90.0 Å². The van der Waals surface area contributed by atoms with Crippen LogP contribution in [0.4, 0.5) is 0 Å². The average molecular weight is 400 g/mol. The summed E-state index contributed by atoms with van der Waals surface area (Å²) < 4.78 is 12.2. The second kappa shape index (κ2) is 8.48. The molecule has 1 N–H and O–H groups in total. The molecule has 4 rings (SSSR count). The van der Waals surface area contributed by atoms with Gasteiger partial charge in [0.1, 0.15) is 17.2 Å². The molecule has 2 aromatic heterocycles. The summed E-state index contributed by atoms with van der Waals surface area (Å²) in [6, 6.07) is 19.0. The fraction of sp³-hybridized carbons (Fsp3) is 0.0870. The zero-order valence-corrected chi connectivity index (χ0v) is 16.6. The number of aryl methyl sites for hydroxylation is 1. The summed E-state index contributed by atoms with van der Waals surface area (Å²) in [6.45, 7) is 1.73. The molecule has 0 aliphatic rings. The molecule has 0 atom stereocenters. The Morgan fingerprint density at radius 2 is 1.90 bits per heavy atom. The molecule has 4 aromatic rings. The Bertz CT molecular complexity index is 1170. The zero-order valence-electron chi connectivity index (χ0n) is 16.6. The minimum atomic E-state index is -0.334. The number of furan rings is 1. The summed E-state index contributed by atoms with van der Waals surface area (Å²) in [5.74, 6) is 0.969. The largest absolute Gasteiger partial charge is 0.497 e. The van der Waals surface area contributed by atoms with Gasteiger partial charge in [-0.2, -0.15) is 10.2 Å². The van der Waals surface area contributed by atoms with Crippen molar-refractivity contribution in [3.63, 3.8) is 0 Å². The number of rotatable bonds is 6. The lowest BCUT2D eigenvalue weighted by Crippen LogP contribution is -2.17. The predicted molar refractivity (Wildman–Crippen MR) is 114 cm³/mol. The number of methoxy groups -OCH3 is 1. The molecule has 30 heavy (non-hydrogen) atoms. The number of hydrazone groups is 1. The molecule has 2 heterocycles. The molecule has 150 valence electrons. The number of nitrogens with one attached hydrogen (secondary N) is 1. The Labute approximate surface area is 173 Å². The highest BCUT2D eigenvalue weighted by Gasteiger charge is 2.13. The second-order valence-electron chi connectivity index (χ2n) is 6.53. The number of nitrogens with zero attached hydrogens (tertiary/aromatic N) is 3. The first kappa shape index (κ1) is 19.2. The van der Waals surface area contributed by atoms with Gasteiger partial charge in [-0.05, 0) is 49.4 Å². The minimum Gasteiger partial charge on any atom is -0.497 e. The minimum absolute atomic E-state index is 0.334. The van der Waals surface area contributed by atoms with E-state index in [9.17, 15) is 4.79 Å². The van der Waals surface area contributed by atoms with E-state index in [0.717, 1.165) is 28.3 Å². The van der Waals surface area contributed by atoms with Gasteiger partial charge in [0.2, 0.25) is 0 Å². The molecule has 0 radical (unpaired) electrons. The van der Waals surface area contributed by atoms with E-state index in [-0.39, 0.29) is 5.91 Å². The normalized spacial score (nSPS) is 11.0. The molecule has 0 aliphatic carbocycles. The third kappa shape index (κ3) is 4.00. The van der Waals surface area contributed by atoms with Crippen LogP contribution in [-0.2, 0) is 0 Å². The molecule has 1 amide bonds. The first-order valence-electron chi connectivity index (χ1n) is 9.32. The van der Waals surface area contributed by atoms with Crippen LogP contribution in [0.5, 0.6) is 5.75 Å². The molecule has 0 saturated carbocycles. The van der Waals surface area contributed by atoms with Crippen molar-refractivity contribution in [2.75, 3.05) is 7.11 Å². The van der Waals surface area contributed by atoms with Crippen LogP contribution in [-0.4, -0.2) is 29.0 Å². The lowest BCUT2D eigenvalue weighted by molar-refractivity contribution is 0.0953. The van der Waals surface area contributed by atoms with Crippen molar-refractivity contribution in [1.29, 1.82) is 0 Å². The summed E-state index contributed by atoms with van der Waals surface area (Å²) >= 11 is 0. The number of aromatic nitrogens is 2. The number of hydrogen-bond donors (Lipinski definition) is 1. The maximum atomic E-state index is 12.2. The van der Waals surface area contributed by atoms with E-state index in [0.29, 0.717) is 11.3 Å². The molecule has 7 nitrogen and oxygen atoms in total. The Hall–Kier alpha value is -4.13. The SMILES string of the molecule is COc1ccc(-c2nn(-c3ccccc3)cc2/C=N\NC(=O)c2ccoc2C)cc1. The Morgan fingerprint density at radius 3 is 2.57 bits per heavy atom. The fourth-order valence-electron chi connectivity index (χ4n) is 3.01. The summed E-state index contributed by atoms with van der Waals surface area (Å²) in [4.78, 5) is 12.2. The van der Waals surface area contributed by atoms with Crippen LogP contribution in [0.25, 0.3) is 16.9 Å². The van der Waals surface area contributed by atoms with Crippen LogP contribution in [0.15, 0.2) is 82.6 Å². The molecule has 0 unspecified atom stereocenters. The number of ether oxygens (including phenoxy) is 1. The van der Waals surface area contributed by atoms with E-state index in [1.165, 1.54) is 6.26 Å². The predicted octanol–water partition coefficient (Wildman–Crippen LogP) is 4.21. The van der Waals surface area contributed by atoms with E-state index in [4.69, 9.17) is 14.3 Å². The molecular formula is C23H20N4O3. The zero-order chi connectivity index (χ0) is 20.9. The van der Waals surface area contributed by atoms with Gasteiger partial charge in [-0.1, -0.05) is 18.2 Å². The van der Waals surface area contributed by atoms with Crippen molar-refractivity contribution >= 4 is 12.1 Å². The third-order valence-electron chi connectivity index (χ3n) is 4.60. The Balaban J connectivity index is 1.65. The third-order valence-corrected chi connectivity index (χ3v) is 4.60. The molecule has 0 spiro atoms. The lowest BCUT2D eigenvalue weighted by atomic mass is 10.1. The van der Waals surface area contributed by atoms with E-state index in [1.807, 2.05) is 60.8 Å². The molecule has 0 fully saturated rings. The van der Waals surface area contributed by atoms with E-state index >= 15 is 0 Å². The van der Waals surface area contributed by atoms with Crippen LogP contribution in [0.3, 0.4) is 0 Å². The van der Waals surface area contributed by atoms with Gasteiger partial charge in [0, 0.05) is 17.3 Å². The number of para-hydroxylation sites is 1. The monoisotopic (exact) mass is 400 g/mol. The van der Waals surface area contributed by atoms with Gasteiger partial charge in [0.05, 0.1) is 30.8 Å². The number of benzene rings is 2. The summed E-state index contributed by atoms with van der Waals surface area (Å²) in [5.41, 5.74) is 6.30. The highest BCUT2D eigenvalue weighted by Crippen LogP contribution is 2.25. The van der Waals surface area contributed by atoms with Gasteiger partial charge >= 0.3 is 0 Å². The first-order valence-corrected chi connectivity index (χ1v) is 9.32. The summed E-state index contributed by atoms with van der Waals surface area (Å²) in [5, 5.41) is 8.85. The van der Waals surface area contributed by atoms with E-state index in [1.54, 1.807) is 31.0 Å². The van der Waals surface area contributed by atoms with Crippen LogP contribution >= 0.6 is 0 Å². The summed E-state index contributed by atoms with van der Waals surface area (Å²) in [6.07, 6.45) is 4.92. The van der Waals surface area contributed by atoms with Crippen LogP contribution in [0.1, 0.15) is 21.7 Å². The quantitative estimate of drug-likeness (QED) is 0.388. The van der Waals surface area contributed by atoms with Gasteiger partial charge in [0.15, 0.2) is 0 Å². The van der Waals surface area contributed by atoms with Crippen molar-refractivity contribution in [1.82, 2.24) is 15.2 Å². The van der Waals surface area contributed by atoms with Gasteiger partial charge in [-0.3, -0.25) is 4.79 Å². The summed E-state index contributed by atoms with van der Waals surface area (Å²) in [7, 11) is 1.63. The highest BCUT2D eigenvalue weighted by atomic mass is 16.5. The van der Waals surface area contributed by atoms with Crippen molar-refractivity contribution in [3.8, 4) is 22.7 Å².